The minimum Gasteiger partial charge on any atom is -0.478 e. The number of imide groups is 1. The molecule has 0 unspecified atom stereocenters. The molecule has 0 atom stereocenters. The molecule has 17 heavy (non-hydrogen) atoms. The monoisotopic (exact) mass is 235 g/mol. The highest BCUT2D eigenvalue weighted by Gasteiger charge is 2.33. The Morgan fingerprint density at radius 3 is 2.71 bits per heavy atom. The molecule has 1 aromatic rings. The molecule has 2 amide bonds. The summed E-state index contributed by atoms with van der Waals surface area (Å²) in [7, 11) is 1.16. The van der Waals surface area contributed by atoms with E-state index in [9.17, 15) is 14.4 Å². The number of methoxy groups -OCH3 is 1. The van der Waals surface area contributed by atoms with Gasteiger partial charge in [-0.05, 0) is 17.7 Å². The van der Waals surface area contributed by atoms with E-state index < -0.39 is 18.0 Å². The van der Waals surface area contributed by atoms with Gasteiger partial charge in [-0.2, -0.15) is 0 Å². The van der Waals surface area contributed by atoms with Crippen molar-refractivity contribution in [2.75, 3.05) is 12.0 Å². The maximum atomic E-state index is 11.6. The first-order chi connectivity index (χ1) is 8.04. The van der Waals surface area contributed by atoms with Crippen molar-refractivity contribution >= 4 is 23.7 Å². The van der Waals surface area contributed by atoms with Gasteiger partial charge in [0.1, 0.15) is 0 Å². The number of rotatable bonds is 1. The van der Waals surface area contributed by atoms with Crippen LogP contribution in [0.3, 0.4) is 0 Å². The van der Waals surface area contributed by atoms with Gasteiger partial charge in [0, 0.05) is 0 Å². The zero-order valence-corrected chi connectivity index (χ0v) is 8.97. The van der Waals surface area contributed by atoms with Crippen molar-refractivity contribution < 1.29 is 24.2 Å². The molecule has 0 spiro atoms. The Bertz CT molecular complexity index is 515. The van der Waals surface area contributed by atoms with E-state index in [2.05, 4.69) is 4.74 Å². The molecule has 0 saturated carbocycles. The van der Waals surface area contributed by atoms with Crippen LogP contribution >= 0.6 is 0 Å². The van der Waals surface area contributed by atoms with E-state index in [1.165, 1.54) is 18.2 Å². The number of carbonyl (C=O) groups is 3. The van der Waals surface area contributed by atoms with Gasteiger partial charge in [0.05, 0.1) is 24.8 Å². The number of hydrogen-bond donors (Lipinski definition) is 1. The van der Waals surface area contributed by atoms with Crippen molar-refractivity contribution in [3.63, 3.8) is 0 Å². The highest BCUT2D eigenvalue weighted by Crippen LogP contribution is 2.30. The molecule has 1 N–H and O–H groups in total. The van der Waals surface area contributed by atoms with E-state index >= 15 is 0 Å². The number of anilines is 1. The summed E-state index contributed by atoms with van der Waals surface area (Å²) in [5.74, 6) is -1.54. The highest BCUT2D eigenvalue weighted by molar-refractivity contribution is 6.17. The second kappa shape index (κ2) is 3.89. The van der Waals surface area contributed by atoms with E-state index in [0.717, 1.165) is 12.0 Å². The number of amides is 2. The van der Waals surface area contributed by atoms with Crippen LogP contribution < -0.4 is 4.90 Å². The van der Waals surface area contributed by atoms with Gasteiger partial charge in [0.15, 0.2) is 0 Å². The zero-order valence-electron chi connectivity index (χ0n) is 8.97. The van der Waals surface area contributed by atoms with Crippen LogP contribution in [0, 0.1) is 0 Å². The van der Waals surface area contributed by atoms with Crippen molar-refractivity contribution in [2.45, 2.75) is 6.42 Å². The molecule has 6 nitrogen and oxygen atoms in total. The third kappa shape index (κ3) is 1.73. The van der Waals surface area contributed by atoms with Crippen LogP contribution in [0.2, 0.25) is 0 Å². The predicted octanol–water partition coefficient (Wildman–Crippen LogP) is 1.04. The number of hydrogen-bond acceptors (Lipinski definition) is 4. The second-order valence-electron chi connectivity index (χ2n) is 3.52. The third-order valence-electron chi connectivity index (χ3n) is 2.52. The lowest BCUT2D eigenvalue weighted by Gasteiger charge is -2.13. The molecule has 0 aromatic heterocycles. The van der Waals surface area contributed by atoms with E-state index in [4.69, 9.17) is 5.11 Å². The highest BCUT2D eigenvalue weighted by atomic mass is 16.5. The van der Waals surface area contributed by atoms with Crippen molar-refractivity contribution in [3.05, 3.63) is 29.3 Å². The van der Waals surface area contributed by atoms with Gasteiger partial charge in [0.25, 0.3) is 0 Å². The fraction of sp³-hybridized carbons (Fsp3) is 0.182. The lowest BCUT2D eigenvalue weighted by atomic mass is 10.1. The zero-order chi connectivity index (χ0) is 12.6. The van der Waals surface area contributed by atoms with E-state index in [-0.39, 0.29) is 17.7 Å². The molecule has 88 valence electrons. The molecular weight excluding hydrogens is 226 g/mol. The molecule has 0 bridgehead atoms. The first-order valence-corrected chi connectivity index (χ1v) is 4.81. The standard InChI is InChI=1S/C11H9NO5/c1-17-11(16)12-8-4-7(10(14)15)3-2-6(8)5-9(12)13/h2-4H,5H2,1H3,(H,14,15). The summed E-state index contributed by atoms with van der Waals surface area (Å²) in [4.78, 5) is 34.7. The summed E-state index contributed by atoms with van der Waals surface area (Å²) in [6, 6.07) is 4.22. The van der Waals surface area contributed by atoms with Crippen LogP contribution in [0.25, 0.3) is 0 Å². The summed E-state index contributed by atoms with van der Waals surface area (Å²) in [6.07, 6.45) is -0.735. The molecule has 1 aliphatic rings. The van der Waals surface area contributed by atoms with Crippen LogP contribution in [0.5, 0.6) is 0 Å². The normalized spacial score (nSPS) is 13.5. The van der Waals surface area contributed by atoms with Gasteiger partial charge in [-0.3, -0.25) is 4.79 Å². The van der Waals surface area contributed by atoms with Crippen molar-refractivity contribution in [1.29, 1.82) is 0 Å². The van der Waals surface area contributed by atoms with Gasteiger partial charge in [-0.15, -0.1) is 0 Å². The molecule has 0 aliphatic carbocycles. The van der Waals surface area contributed by atoms with Crippen LogP contribution in [-0.2, 0) is 16.0 Å². The Kier molecular flexibility index (Phi) is 2.55. The lowest BCUT2D eigenvalue weighted by molar-refractivity contribution is -0.116. The number of carboxylic acids is 1. The maximum Gasteiger partial charge on any atom is 0.420 e. The van der Waals surface area contributed by atoms with Gasteiger partial charge >= 0.3 is 12.1 Å². The number of fused-ring (bicyclic) bond motifs is 1. The van der Waals surface area contributed by atoms with E-state index in [1.54, 1.807) is 0 Å². The number of nitrogens with zero attached hydrogens (tertiary/aromatic N) is 1. The summed E-state index contributed by atoms with van der Waals surface area (Å²) in [5, 5.41) is 8.84. The first-order valence-electron chi connectivity index (χ1n) is 4.81. The van der Waals surface area contributed by atoms with Crippen LogP contribution in [0.4, 0.5) is 10.5 Å². The minimum atomic E-state index is -1.11. The van der Waals surface area contributed by atoms with Crippen LogP contribution in [0.1, 0.15) is 15.9 Å². The van der Waals surface area contributed by atoms with Crippen molar-refractivity contribution in [1.82, 2.24) is 0 Å². The Morgan fingerprint density at radius 1 is 1.41 bits per heavy atom. The molecule has 0 radical (unpaired) electrons. The topological polar surface area (TPSA) is 83.9 Å². The minimum absolute atomic E-state index is 0.0207. The predicted molar refractivity (Wildman–Crippen MR) is 57.0 cm³/mol. The molecule has 2 rings (SSSR count). The molecule has 0 fully saturated rings. The van der Waals surface area contributed by atoms with Gasteiger partial charge in [-0.1, -0.05) is 6.07 Å². The van der Waals surface area contributed by atoms with Crippen LogP contribution in [-0.4, -0.2) is 30.2 Å². The summed E-state index contributed by atoms with van der Waals surface area (Å²) in [6.45, 7) is 0. The smallest absolute Gasteiger partial charge is 0.420 e. The maximum absolute atomic E-state index is 11.6. The van der Waals surface area contributed by atoms with Crippen molar-refractivity contribution in [3.8, 4) is 0 Å². The number of ether oxygens (including phenoxy) is 1. The molecule has 1 aliphatic heterocycles. The first kappa shape index (κ1) is 11.1. The number of aromatic carboxylic acids is 1. The molecular formula is C11H9NO5. The summed E-state index contributed by atoms with van der Waals surface area (Å²) >= 11 is 0. The van der Waals surface area contributed by atoms with Gasteiger partial charge in [-0.25, -0.2) is 14.5 Å². The Balaban J connectivity index is 2.50. The SMILES string of the molecule is COC(=O)N1C(=O)Cc2ccc(C(=O)O)cc21. The average molecular weight is 235 g/mol. The number of benzene rings is 1. The van der Waals surface area contributed by atoms with Crippen LogP contribution in [0.15, 0.2) is 18.2 Å². The quantitative estimate of drug-likeness (QED) is 0.786. The molecule has 1 aromatic carbocycles. The molecule has 1 heterocycles. The third-order valence-corrected chi connectivity index (χ3v) is 2.52. The lowest BCUT2D eigenvalue weighted by Crippen LogP contribution is -2.33. The average Bonchev–Trinajstić information content (AvgIpc) is 2.62. The second-order valence-corrected chi connectivity index (χ2v) is 3.52. The fourth-order valence-corrected chi connectivity index (χ4v) is 1.72. The van der Waals surface area contributed by atoms with Gasteiger partial charge < -0.3 is 9.84 Å². The Labute approximate surface area is 96.4 Å². The van der Waals surface area contributed by atoms with Crippen molar-refractivity contribution in [2.24, 2.45) is 0 Å². The largest absolute Gasteiger partial charge is 0.478 e. The molecule has 0 saturated heterocycles. The van der Waals surface area contributed by atoms with Gasteiger partial charge in [0.2, 0.25) is 5.91 Å². The van der Waals surface area contributed by atoms with E-state index in [1.807, 2.05) is 0 Å². The number of carbonyl (C=O) groups excluding carboxylic acids is 2. The Hall–Kier alpha value is -2.37. The fourth-order valence-electron chi connectivity index (χ4n) is 1.72. The summed E-state index contributed by atoms with van der Waals surface area (Å²) in [5.41, 5.74) is 0.916. The molecule has 6 heteroatoms. The Morgan fingerprint density at radius 2 is 2.12 bits per heavy atom. The number of carboxylic acid groups (broad SMARTS) is 1. The summed E-state index contributed by atoms with van der Waals surface area (Å²) < 4.78 is 4.48. The van der Waals surface area contributed by atoms with E-state index in [0.29, 0.717) is 5.56 Å².